The molecule has 2 aromatic rings. The first-order valence-electron chi connectivity index (χ1n) is 5.35. The number of rotatable bonds is 3. The number of nitrogens with one attached hydrogen (secondary N) is 1. The summed E-state index contributed by atoms with van der Waals surface area (Å²) in [6.07, 6.45) is 1.85. The monoisotopic (exact) mass is 219 g/mol. The lowest BCUT2D eigenvalue weighted by molar-refractivity contribution is 0.131. The highest BCUT2D eigenvalue weighted by molar-refractivity contribution is 5.74. The van der Waals surface area contributed by atoms with Crippen molar-refractivity contribution in [2.75, 3.05) is 6.61 Å². The highest BCUT2D eigenvalue weighted by Crippen LogP contribution is 2.30. The molecule has 16 heavy (non-hydrogen) atoms. The number of aromatic amines is 1. The summed E-state index contributed by atoms with van der Waals surface area (Å²) in [6.45, 7) is 3.91. The first kappa shape index (κ1) is 11.1. The third-order valence-corrected chi connectivity index (χ3v) is 2.99. The molecule has 0 saturated carbocycles. The molecule has 0 amide bonds. The Hall–Kier alpha value is -1.39. The van der Waals surface area contributed by atoms with Crippen LogP contribution < -0.4 is 5.73 Å². The number of nitrogens with zero attached hydrogens (tertiary/aromatic N) is 1. The summed E-state index contributed by atoms with van der Waals surface area (Å²) in [5.41, 5.74) is 8.46. The van der Waals surface area contributed by atoms with Crippen molar-refractivity contribution in [3.63, 3.8) is 0 Å². The minimum absolute atomic E-state index is 0.0427. The van der Waals surface area contributed by atoms with E-state index in [0.29, 0.717) is 0 Å². The number of pyridine rings is 1. The van der Waals surface area contributed by atoms with Crippen LogP contribution in [0.2, 0.25) is 0 Å². The zero-order valence-corrected chi connectivity index (χ0v) is 9.57. The molecule has 2 rings (SSSR count). The van der Waals surface area contributed by atoms with Gasteiger partial charge in [0.05, 0.1) is 29.4 Å². The van der Waals surface area contributed by atoms with Crippen LogP contribution in [0, 0.1) is 5.41 Å². The van der Waals surface area contributed by atoms with E-state index in [1.165, 1.54) is 0 Å². The maximum atomic E-state index is 9.29. The third-order valence-electron chi connectivity index (χ3n) is 2.99. The lowest BCUT2D eigenvalue weighted by atomic mass is 9.84. The lowest BCUT2D eigenvalue weighted by Crippen LogP contribution is -2.33. The summed E-state index contributed by atoms with van der Waals surface area (Å²) in [6, 6.07) is 5.51. The number of fused-ring (bicyclic) bond motifs is 1. The van der Waals surface area contributed by atoms with Crippen LogP contribution in [0.5, 0.6) is 0 Å². The molecule has 0 bridgehead atoms. The Bertz CT molecular complexity index is 490. The van der Waals surface area contributed by atoms with Gasteiger partial charge in [0, 0.05) is 11.6 Å². The van der Waals surface area contributed by atoms with Crippen LogP contribution in [0.1, 0.15) is 25.6 Å². The second-order valence-electron chi connectivity index (χ2n) is 4.77. The maximum absolute atomic E-state index is 9.29. The lowest BCUT2D eigenvalue weighted by Gasteiger charge is -2.28. The smallest absolute Gasteiger partial charge is 0.0882 e. The summed E-state index contributed by atoms with van der Waals surface area (Å²) >= 11 is 0. The van der Waals surface area contributed by atoms with Crippen LogP contribution in [0.3, 0.4) is 0 Å². The van der Waals surface area contributed by atoms with Gasteiger partial charge < -0.3 is 15.8 Å². The fourth-order valence-electron chi connectivity index (χ4n) is 1.62. The Kier molecular flexibility index (Phi) is 2.69. The zero-order valence-electron chi connectivity index (χ0n) is 9.57. The van der Waals surface area contributed by atoms with Gasteiger partial charge in [0.1, 0.15) is 0 Å². The summed E-state index contributed by atoms with van der Waals surface area (Å²) in [4.78, 5) is 7.57. The van der Waals surface area contributed by atoms with Gasteiger partial charge >= 0.3 is 0 Å². The largest absolute Gasteiger partial charge is 0.396 e. The molecule has 0 fully saturated rings. The molecule has 0 aromatic carbocycles. The van der Waals surface area contributed by atoms with Crippen molar-refractivity contribution in [3.05, 3.63) is 30.1 Å². The molecular formula is C12H17N3O. The van der Waals surface area contributed by atoms with E-state index in [-0.39, 0.29) is 18.1 Å². The van der Waals surface area contributed by atoms with E-state index >= 15 is 0 Å². The maximum Gasteiger partial charge on any atom is 0.0882 e. The number of nitrogens with two attached hydrogens (primary N) is 1. The Morgan fingerprint density at radius 1 is 1.44 bits per heavy atom. The standard InChI is InChI=1S/C12H17N3O/c1-12(2,7-16)11(13)10-4-3-8-9(15-10)5-6-14-8/h3-6,11,14,16H,7,13H2,1-2H3/t11-/m0/s1. The third kappa shape index (κ3) is 1.81. The molecule has 2 heterocycles. The fraction of sp³-hybridized carbons (Fsp3) is 0.417. The van der Waals surface area contributed by atoms with E-state index in [1.54, 1.807) is 0 Å². The fourth-order valence-corrected chi connectivity index (χ4v) is 1.62. The molecule has 2 aromatic heterocycles. The second-order valence-corrected chi connectivity index (χ2v) is 4.77. The normalized spacial score (nSPS) is 14.2. The topological polar surface area (TPSA) is 74.9 Å². The van der Waals surface area contributed by atoms with Gasteiger partial charge in [0.2, 0.25) is 0 Å². The molecule has 4 N–H and O–H groups in total. The molecule has 0 radical (unpaired) electrons. The molecule has 0 unspecified atom stereocenters. The molecule has 0 aliphatic heterocycles. The molecule has 86 valence electrons. The van der Waals surface area contributed by atoms with Crippen molar-refractivity contribution in [3.8, 4) is 0 Å². The number of aromatic nitrogens is 2. The average molecular weight is 219 g/mol. The highest BCUT2D eigenvalue weighted by Gasteiger charge is 2.28. The minimum atomic E-state index is -0.364. The predicted molar refractivity (Wildman–Crippen MR) is 63.9 cm³/mol. The van der Waals surface area contributed by atoms with E-state index in [2.05, 4.69) is 9.97 Å². The quantitative estimate of drug-likeness (QED) is 0.733. The number of H-pyrrole nitrogens is 1. The van der Waals surface area contributed by atoms with E-state index in [1.807, 2.05) is 38.2 Å². The van der Waals surface area contributed by atoms with E-state index in [0.717, 1.165) is 16.7 Å². The summed E-state index contributed by atoms with van der Waals surface area (Å²) in [5, 5.41) is 9.29. The van der Waals surface area contributed by atoms with Crippen LogP contribution in [0.4, 0.5) is 0 Å². The van der Waals surface area contributed by atoms with Gasteiger partial charge in [0.15, 0.2) is 0 Å². The van der Waals surface area contributed by atoms with Crippen LogP contribution in [-0.2, 0) is 0 Å². The number of hydrogen-bond donors (Lipinski definition) is 3. The van der Waals surface area contributed by atoms with Crippen LogP contribution >= 0.6 is 0 Å². The summed E-state index contributed by atoms with van der Waals surface area (Å²) < 4.78 is 0. The Morgan fingerprint density at radius 3 is 2.88 bits per heavy atom. The predicted octanol–water partition coefficient (Wildman–Crippen LogP) is 1.58. The Labute approximate surface area is 94.5 Å². The second kappa shape index (κ2) is 3.88. The van der Waals surface area contributed by atoms with Crippen molar-refractivity contribution in [2.24, 2.45) is 11.1 Å². The van der Waals surface area contributed by atoms with Crippen LogP contribution in [-0.4, -0.2) is 21.7 Å². The van der Waals surface area contributed by atoms with Gasteiger partial charge in [-0.05, 0) is 18.2 Å². The van der Waals surface area contributed by atoms with Crippen LogP contribution in [0.25, 0.3) is 11.0 Å². The Balaban J connectivity index is 2.39. The van der Waals surface area contributed by atoms with Gasteiger partial charge in [-0.3, -0.25) is 0 Å². The molecule has 4 nitrogen and oxygen atoms in total. The van der Waals surface area contributed by atoms with E-state index in [4.69, 9.17) is 5.73 Å². The van der Waals surface area contributed by atoms with Crippen molar-refractivity contribution in [1.82, 2.24) is 9.97 Å². The van der Waals surface area contributed by atoms with E-state index in [9.17, 15) is 5.11 Å². The van der Waals surface area contributed by atoms with Gasteiger partial charge in [-0.15, -0.1) is 0 Å². The van der Waals surface area contributed by atoms with Gasteiger partial charge in [-0.2, -0.15) is 0 Å². The highest BCUT2D eigenvalue weighted by atomic mass is 16.3. The molecular weight excluding hydrogens is 202 g/mol. The van der Waals surface area contributed by atoms with Crippen molar-refractivity contribution in [1.29, 1.82) is 0 Å². The molecule has 1 atom stereocenters. The first-order chi connectivity index (χ1) is 7.54. The van der Waals surface area contributed by atoms with Gasteiger partial charge in [0.25, 0.3) is 0 Å². The molecule has 0 spiro atoms. The minimum Gasteiger partial charge on any atom is -0.396 e. The summed E-state index contributed by atoms with van der Waals surface area (Å²) in [7, 11) is 0. The molecule has 0 saturated heterocycles. The summed E-state index contributed by atoms with van der Waals surface area (Å²) in [5.74, 6) is 0. The average Bonchev–Trinajstić information content (AvgIpc) is 2.74. The van der Waals surface area contributed by atoms with Gasteiger partial charge in [-0.1, -0.05) is 13.8 Å². The van der Waals surface area contributed by atoms with Crippen molar-refractivity contribution >= 4 is 11.0 Å². The zero-order chi connectivity index (χ0) is 11.8. The molecule has 0 aliphatic rings. The SMILES string of the molecule is CC(C)(CO)[C@@H](N)c1ccc2[nH]ccc2n1. The Morgan fingerprint density at radius 2 is 2.19 bits per heavy atom. The molecule has 0 aliphatic carbocycles. The van der Waals surface area contributed by atoms with Gasteiger partial charge in [-0.25, -0.2) is 4.98 Å². The van der Waals surface area contributed by atoms with Crippen molar-refractivity contribution < 1.29 is 5.11 Å². The van der Waals surface area contributed by atoms with E-state index < -0.39 is 0 Å². The molecule has 4 heteroatoms. The number of aliphatic hydroxyl groups is 1. The van der Waals surface area contributed by atoms with Crippen LogP contribution in [0.15, 0.2) is 24.4 Å². The van der Waals surface area contributed by atoms with Crippen molar-refractivity contribution in [2.45, 2.75) is 19.9 Å². The first-order valence-corrected chi connectivity index (χ1v) is 5.35. The number of hydrogen-bond acceptors (Lipinski definition) is 3. The number of aliphatic hydroxyl groups excluding tert-OH is 1.